The Balaban J connectivity index is 2.79. The molecule has 1 aromatic carbocycles. The molecule has 0 aromatic heterocycles. The van der Waals surface area contributed by atoms with Crippen LogP contribution in [0.25, 0.3) is 0 Å². The highest BCUT2D eigenvalue weighted by Crippen LogP contribution is 2.20. The second-order valence-electron chi connectivity index (χ2n) is 4.04. The summed E-state index contributed by atoms with van der Waals surface area (Å²) in [6.45, 7) is 2.62. The first kappa shape index (κ1) is 12.7. The van der Waals surface area contributed by atoms with Crippen molar-refractivity contribution >= 4 is 0 Å². The van der Waals surface area contributed by atoms with E-state index in [0.717, 1.165) is 0 Å². The van der Waals surface area contributed by atoms with Crippen LogP contribution < -0.4 is 5.73 Å². The molecule has 16 heavy (non-hydrogen) atoms. The Morgan fingerprint density at radius 1 is 1.38 bits per heavy atom. The van der Waals surface area contributed by atoms with Gasteiger partial charge in [0.15, 0.2) is 0 Å². The van der Waals surface area contributed by atoms with E-state index in [9.17, 15) is 0 Å². The van der Waals surface area contributed by atoms with Crippen molar-refractivity contribution in [2.45, 2.75) is 25.4 Å². The first-order valence-corrected chi connectivity index (χ1v) is 5.54. The SMILES string of the molecule is CC(CC#N)N(C)C(CN)c1ccccc1. The standard InChI is InChI=1S/C13H19N3/c1-11(8-9-14)16(2)13(10-15)12-6-4-3-5-7-12/h3-7,11,13H,8,10,15H2,1-2H3. The van der Waals surface area contributed by atoms with Crippen molar-refractivity contribution in [3.05, 3.63) is 35.9 Å². The summed E-state index contributed by atoms with van der Waals surface area (Å²) in [6, 6.07) is 12.8. The van der Waals surface area contributed by atoms with E-state index in [1.54, 1.807) is 0 Å². The maximum atomic E-state index is 8.70. The summed E-state index contributed by atoms with van der Waals surface area (Å²) in [5.74, 6) is 0. The molecule has 86 valence electrons. The Morgan fingerprint density at radius 3 is 2.50 bits per heavy atom. The van der Waals surface area contributed by atoms with Gasteiger partial charge >= 0.3 is 0 Å². The fourth-order valence-electron chi connectivity index (χ4n) is 1.80. The van der Waals surface area contributed by atoms with E-state index < -0.39 is 0 Å². The summed E-state index contributed by atoms with van der Waals surface area (Å²) in [7, 11) is 2.02. The van der Waals surface area contributed by atoms with E-state index in [1.807, 2.05) is 25.2 Å². The Morgan fingerprint density at radius 2 is 2.00 bits per heavy atom. The molecule has 0 heterocycles. The predicted molar refractivity (Wildman–Crippen MR) is 65.7 cm³/mol. The lowest BCUT2D eigenvalue weighted by Crippen LogP contribution is -2.36. The van der Waals surface area contributed by atoms with E-state index in [2.05, 4.69) is 30.0 Å². The largest absolute Gasteiger partial charge is 0.329 e. The average Bonchev–Trinajstić information content (AvgIpc) is 2.31. The predicted octanol–water partition coefficient (Wildman–Crippen LogP) is 1.92. The first-order chi connectivity index (χ1) is 7.70. The van der Waals surface area contributed by atoms with Gasteiger partial charge in [-0.05, 0) is 19.5 Å². The van der Waals surface area contributed by atoms with Crippen molar-refractivity contribution in [3.63, 3.8) is 0 Å². The number of benzene rings is 1. The molecule has 3 heteroatoms. The highest BCUT2D eigenvalue weighted by Gasteiger charge is 2.19. The average molecular weight is 217 g/mol. The molecule has 1 rings (SSSR count). The molecule has 0 amide bonds. The van der Waals surface area contributed by atoms with Crippen LogP contribution in [0.3, 0.4) is 0 Å². The summed E-state index contributed by atoms with van der Waals surface area (Å²) in [5.41, 5.74) is 7.02. The van der Waals surface area contributed by atoms with Crippen molar-refractivity contribution in [1.29, 1.82) is 5.26 Å². The summed E-state index contributed by atoms with van der Waals surface area (Å²) in [4.78, 5) is 2.17. The van der Waals surface area contributed by atoms with Gasteiger partial charge in [-0.1, -0.05) is 30.3 Å². The molecule has 0 radical (unpaired) electrons. The Bertz CT molecular complexity index is 342. The second-order valence-corrected chi connectivity index (χ2v) is 4.04. The molecule has 0 bridgehead atoms. The van der Waals surface area contributed by atoms with Gasteiger partial charge in [0.2, 0.25) is 0 Å². The van der Waals surface area contributed by atoms with Crippen molar-refractivity contribution in [1.82, 2.24) is 4.90 Å². The number of hydrogen-bond donors (Lipinski definition) is 1. The number of nitrogens with zero attached hydrogens (tertiary/aromatic N) is 2. The number of nitrogens with two attached hydrogens (primary N) is 1. The molecule has 0 saturated heterocycles. The normalized spacial score (nSPS) is 14.4. The van der Waals surface area contributed by atoms with E-state index in [-0.39, 0.29) is 12.1 Å². The van der Waals surface area contributed by atoms with Gasteiger partial charge < -0.3 is 5.73 Å². The zero-order chi connectivity index (χ0) is 12.0. The van der Waals surface area contributed by atoms with Crippen LogP contribution in [0.4, 0.5) is 0 Å². The molecule has 0 saturated carbocycles. The lowest BCUT2D eigenvalue weighted by molar-refractivity contribution is 0.191. The van der Waals surface area contributed by atoms with Crippen molar-refractivity contribution in [2.24, 2.45) is 5.73 Å². The summed E-state index contributed by atoms with van der Waals surface area (Å²) in [6.07, 6.45) is 0.528. The zero-order valence-electron chi connectivity index (χ0n) is 9.93. The number of rotatable bonds is 5. The lowest BCUT2D eigenvalue weighted by atomic mass is 10.0. The Kier molecular flexibility index (Phi) is 4.97. The molecule has 2 atom stereocenters. The van der Waals surface area contributed by atoms with Crippen LogP contribution in [-0.2, 0) is 0 Å². The van der Waals surface area contributed by atoms with Crippen LogP contribution in [0.2, 0.25) is 0 Å². The number of hydrogen-bond acceptors (Lipinski definition) is 3. The molecule has 0 aliphatic carbocycles. The third kappa shape index (κ3) is 3.06. The van der Waals surface area contributed by atoms with Crippen LogP contribution in [0.5, 0.6) is 0 Å². The lowest BCUT2D eigenvalue weighted by Gasteiger charge is -2.31. The van der Waals surface area contributed by atoms with E-state index in [4.69, 9.17) is 11.0 Å². The van der Waals surface area contributed by atoms with Crippen LogP contribution in [0.15, 0.2) is 30.3 Å². The van der Waals surface area contributed by atoms with Crippen LogP contribution in [-0.4, -0.2) is 24.5 Å². The second kappa shape index (κ2) is 6.26. The molecule has 0 aliphatic heterocycles. The molecule has 2 unspecified atom stereocenters. The first-order valence-electron chi connectivity index (χ1n) is 5.54. The fraction of sp³-hybridized carbons (Fsp3) is 0.462. The third-order valence-electron chi connectivity index (χ3n) is 2.98. The summed E-state index contributed by atoms with van der Waals surface area (Å²) >= 11 is 0. The van der Waals surface area contributed by atoms with Crippen molar-refractivity contribution in [3.8, 4) is 6.07 Å². The van der Waals surface area contributed by atoms with Gasteiger partial charge in [0.1, 0.15) is 0 Å². The van der Waals surface area contributed by atoms with Crippen LogP contribution in [0.1, 0.15) is 24.9 Å². The maximum Gasteiger partial charge on any atom is 0.0638 e. The van der Waals surface area contributed by atoms with Crippen molar-refractivity contribution < 1.29 is 0 Å². The van der Waals surface area contributed by atoms with Crippen molar-refractivity contribution in [2.75, 3.05) is 13.6 Å². The summed E-state index contributed by atoms with van der Waals surface area (Å²) in [5, 5.41) is 8.70. The summed E-state index contributed by atoms with van der Waals surface area (Å²) < 4.78 is 0. The van der Waals surface area contributed by atoms with Gasteiger partial charge in [-0.25, -0.2) is 0 Å². The minimum atomic E-state index is 0.185. The zero-order valence-corrected chi connectivity index (χ0v) is 9.93. The third-order valence-corrected chi connectivity index (χ3v) is 2.98. The molecule has 3 nitrogen and oxygen atoms in total. The molecule has 1 aromatic rings. The van der Waals surface area contributed by atoms with Crippen LogP contribution >= 0.6 is 0 Å². The van der Waals surface area contributed by atoms with Gasteiger partial charge in [0.05, 0.1) is 12.5 Å². The Hall–Kier alpha value is -1.37. The van der Waals surface area contributed by atoms with E-state index >= 15 is 0 Å². The molecular weight excluding hydrogens is 198 g/mol. The molecule has 2 N–H and O–H groups in total. The minimum absolute atomic E-state index is 0.185. The molecular formula is C13H19N3. The van der Waals surface area contributed by atoms with Gasteiger partial charge in [-0.3, -0.25) is 4.90 Å². The monoisotopic (exact) mass is 217 g/mol. The fourth-order valence-corrected chi connectivity index (χ4v) is 1.80. The number of nitriles is 1. The number of likely N-dealkylation sites (N-methyl/N-ethyl adjacent to an activating group) is 1. The quantitative estimate of drug-likeness (QED) is 0.819. The van der Waals surface area contributed by atoms with Crippen LogP contribution in [0, 0.1) is 11.3 Å². The van der Waals surface area contributed by atoms with Gasteiger partial charge in [-0.15, -0.1) is 0 Å². The maximum absolute atomic E-state index is 8.70. The minimum Gasteiger partial charge on any atom is -0.329 e. The van der Waals surface area contributed by atoms with Gasteiger partial charge in [-0.2, -0.15) is 5.26 Å². The van der Waals surface area contributed by atoms with Gasteiger partial charge in [0, 0.05) is 18.6 Å². The molecule has 0 fully saturated rings. The van der Waals surface area contributed by atoms with E-state index in [1.165, 1.54) is 5.56 Å². The highest BCUT2D eigenvalue weighted by atomic mass is 15.2. The molecule has 0 aliphatic rings. The highest BCUT2D eigenvalue weighted by molar-refractivity contribution is 5.19. The molecule has 0 spiro atoms. The van der Waals surface area contributed by atoms with E-state index in [0.29, 0.717) is 13.0 Å². The Labute approximate surface area is 97.5 Å². The topological polar surface area (TPSA) is 53.0 Å². The smallest absolute Gasteiger partial charge is 0.0638 e. The van der Waals surface area contributed by atoms with Gasteiger partial charge in [0.25, 0.3) is 0 Å².